The highest BCUT2D eigenvalue weighted by Crippen LogP contribution is 2.25. The zero-order valence-electron chi connectivity index (χ0n) is 15.9. The van der Waals surface area contributed by atoms with Crippen molar-refractivity contribution in [2.24, 2.45) is 4.99 Å². The first-order valence-electron chi connectivity index (χ1n) is 8.38. The van der Waals surface area contributed by atoms with E-state index >= 15 is 0 Å². The van der Waals surface area contributed by atoms with Crippen LogP contribution in [-0.4, -0.2) is 6.21 Å². The van der Waals surface area contributed by atoms with Gasteiger partial charge >= 0.3 is 0 Å². The number of anilines is 1. The van der Waals surface area contributed by atoms with Crippen LogP contribution < -0.4 is 5.32 Å². The molecule has 0 amide bonds. The summed E-state index contributed by atoms with van der Waals surface area (Å²) in [4.78, 5) is 4.53. The number of hydrogen-bond acceptors (Lipinski definition) is 3. The predicted molar refractivity (Wildman–Crippen MR) is 107 cm³/mol. The third kappa shape index (κ3) is 4.58. The highest BCUT2D eigenvalue weighted by Gasteiger charge is 2.04. The minimum atomic E-state index is 0.485. The second kappa shape index (κ2) is 7.81. The molecule has 0 bridgehead atoms. The lowest BCUT2D eigenvalue weighted by Gasteiger charge is -2.11. The molecule has 0 radical (unpaired) electrons. The van der Waals surface area contributed by atoms with E-state index < -0.39 is 0 Å². The van der Waals surface area contributed by atoms with Crippen molar-refractivity contribution in [3.05, 3.63) is 69.4 Å². The predicted octanol–water partition coefficient (Wildman–Crippen LogP) is 5.76. The van der Waals surface area contributed by atoms with Crippen LogP contribution in [0.1, 0.15) is 33.4 Å². The first kappa shape index (κ1) is 18.5. The molecule has 25 heavy (non-hydrogen) atoms. The Morgan fingerprint density at radius 1 is 0.880 bits per heavy atom. The van der Waals surface area contributed by atoms with Crippen LogP contribution in [0.4, 0.5) is 11.4 Å². The molecule has 3 nitrogen and oxygen atoms in total. The van der Waals surface area contributed by atoms with E-state index in [1.165, 1.54) is 11.1 Å². The van der Waals surface area contributed by atoms with Crippen LogP contribution in [0.15, 0.2) is 41.0 Å². The maximum absolute atomic E-state index is 9.40. The molecule has 0 unspecified atom stereocenters. The van der Waals surface area contributed by atoms with Crippen molar-refractivity contribution >= 4 is 17.6 Å². The molecule has 0 saturated heterocycles. The fraction of sp³-hybridized carbons (Fsp3) is 0.273. The average molecular weight is 331 g/mol. The van der Waals surface area contributed by atoms with Gasteiger partial charge in [0.2, 0.25) is 0 Å². The highest BCUT2D eigenvalue weighted by atomic mass is 14.9. The molecule has 0 aliphatic heterocycles. The van der Waals surface area contributed by atoms with Gasteiger partial charge < -0.3 is 5.32 Å². The third-order valence-corrected chi connectivity index (χ3v) is 4.15. The topological polar surface area (TPSA) is 48.2 Å². The van der Waals surface area contributed by atoms with Crippen LogP contribution in [-0.2, 0) is 0 Å². The number of benzene rings is 2. The van der Waals surface area contributed by atoms with Gasteiger partial charge in [-0.2, -0.15) is 5.26 Å². The number of aryl methyl sites for hydroxylation is 6. The van der Waals surface area contributed by atoms with Gasteiger partial charge in [0, 0.05) is 18.1 Å². The summed E-state index contributed by atoms with van der Waals surface area (Å²) < 4.78 is 0. The SMILES string of the molecule is Cc1cc(C)c(N=C/C(C#N)=C/Nc2c(C)cc(C)cc2C)c(C)c1. The Bertz CT molecular complexity index is 850. The van der Waals surface area contributed by atoms with Gasteiger partial charge in [-0.15, -0.1) is 0 Å². The minimum Gasteiger partial charge on any atom is -0.360 e. The molecule has 0 heterocycles. The van der Waals surface area contributed by atoms with E-state index in [0.717, 1.165) is 33.6 Å². The van der Waals surface area contributed by atoms with Gasteiger partial charge in [0.05, 0.1) is 11.3 Å². The zero-order valence-corrected chi connectivity index (χ0v) is 15.9. The Morgan fingerprint density at radius 2 is 1.36 bits per heavy atom. The molecule has 1 N–H and O–H groups in total. The molecule has 0 aliphatic rings. The first-order chi connectivity index (χ1) is 11.8. The molecule has 2 rings (SSSR count). The number of nitriles is 1. The summed E-state index contributed by atoms with van der Waals surface area (Å²) in [5.41, 5.74) is 9.45. The van der Waals surface area contributed by atoms with E-state index in [2.05, 4.69) is 68.3 Å². The van der Waals surface area contributed by atoms with Crippen LogP contribution in [0.25, 0.3) is 0 Å². The Labute approximate surface area is 150 Å². The number of nitrogens with one attached hydrogen (secondary N) is 1. The average Bonchev–Trinajstić information content (AvgIpc) is 2.50. The van der Waals surface area contributed by atoms with Gasteiger partial charge in [0.15, 0.2) is 0 Å². The smallest absolute Gasteiger partial charge is 0.102 e. The highest BCUT2D eigenvalue weighted by molar-refractivity contribution is 5.87. The van der Waals surface area contributed by atoms with Crippen molar-refractivity contribution in [1.29, 1.82) is 5.26 Å². The van der Waals surface area contributed by atoms with Crippen molar-refractivity contribution in [3.63, 3.8) is 0 Å². The molecule has 0 aliphatic carbocycles. The summed E-state index contributed by atoms with van der Waals surface area (Å²) in [6.07, 6.45) is 3.34. The summed E-state index contributed by atoms with van der Waals surface area (Å²) in [5, 5.41) is 12.7. The molecule has 0 fully saturated rings. The first-order valence-corrected chi connectivity index (χ1v) is 8.38. The van der Waals surface area contributed by atoms with Crippen molar-refractivity contribution < 1.29 is 0 Å². The third-order valence-electron chi connectivity index (χ3n) is 4.15. The maximum Gasteiger partial charge on any atom is 0.102 e. The maximum atomic E-state index is 9.40. The Hall–Kier alpha value is -2.86. The van der Waals surface area contributed by atoms with E-state index in [4.69, 9.17) is 0 Å². The van der Waals surface area contributed by atoms with E-state index in [9.17, 15) is 5.26 Å². The number of allylic oxidation sites excluding steroid dienone is 1. The van der Waals surface area contributed by atoms with Crippen LogP contribution in [0.2, 0.25) is 0 Å². The van der Waals surface area contributed by atoms with Gasteiger partial charge in [-0.05, 0) is 63.8 Å². The largest absolute Gasteiger partial charge is 0.360 e. The monoisotopic (exact) mass is 331 g/mol. The van der Waals surface area contributed by atoms with Crippen molar-refractivity contribution in [1.82, 2.24) is 0 Å². The molecule has 2 aromatic rings. The zero-order chi connectivity index (χ0) is 18.6. The number of aliphatic imine (C=N–C) groups is 1. The lowest BCUT2D eigenvalue weighted by Crippen LogP contribution is -1.97. The van der Waals surface area contributed by atoms with Crippen molar-refractivity contribution in [2.45, 2.75) is 41.5 Å². The quantitative estimate of drug-likeness (QED) is 0.572. The van der Waals surface area contributed by atoms with Gasteiger partial charge in [-0.3, -0.25) is 4.99 Å². The fourth-order valence-corrected chi connectivity index (χ4v) is 3.17. The van der Waals surface area contributed by atoms with Crippen molar-refractivity contribution in [3.8, 4) is 6.07 Å². The molecule has 0 aromatic heterocycles. The Morgan fingerprint density at radius 3 is 1.84 bits per heavy atom. The van der Waals surface area contributed by atoms with Gasteiger partial charge in [0.25, 0.3) is 0 Å². The van der Waals surface area contributed by atoms with Gasteiger partial charge in [-0.25, -0.2) is 0 Å². The normalized spacial score (nSPS) is 11.6. The van der Waals surface area contributed by atoms with Crippen LogP contribution in [0.3, 0.4) is 0 Å². The van der Waals surface area contributed by atoms with E-state index in [1.54, 1.807) is 12.4 Å². The molecule has 0 spiro atoms. The van der Waals surface area contributed by atoms with Crippen LogP contribution >= 0.6 is 0 Å². The molecule has 0 atom stereocenters. The summed E-state index contributed by atoms with van der Waals surface area (Å²) >= 11 is 0. The Balaban J connectivity index is 2.27. The molecule has 3 heteroatoms. The molecular formula is C22H25N3. The number of nitrogens with zero attached hydrogens (tertiary/aromatic N) is 2. The van der Waals surface area contributed by atoms with E-state index in [1.807, 2.05) is 13.8 Å². The molecule has 2 aromatic carbocycles. The van der Waals surface area contributed by atoms with Crippen LogP contribution in [0.5, 0.6) is 0 Å². The summed E-state index contributed by atoms with van der Waals surface area (Å²) in [7, 11) is 0. The lowest BCUT2D eigenvalue weighted by atomic mass is 10.1. The molecule has 0 saturated carbocycles. The second-order valence-corrected chi connectivity index (χ2v) is 6.64. The molecular weight excluding hydrogens is 306 g/mol. The Kier molecular flexibility index (Phi) is 5.77. The summed E-state index contributed by atoms with van der Waals surface area (Å²) in [6, 6.07) is 10.7. The minimum absolute atomic E-state index is 0.485. The lowest BCUT2D eigenvalue weighted by molar-refractivity contribution is 1.29. The number of rotatable bonds is 4. The standard InChI is InChI=1S/C22H25N3/c1-14-7-16(3)21(17(4)8-14)24-12-20(11-23)13-25-22-18(5)9-15(2)10-19(22)6/h7-10,12-13,24H,1-6H3/b20-12+,25-13?. The summed E-state index contributed by atoms with van der Waals surface area (Å²) in [5.74, 6) is 0. The van der Waals surface area contributed by atoms with Gasteiger partial charge in [-0.1, -0.05) is 35.4 Å². The van der Waals surface area contributed by atoms with E-state index in [0.29, 0.717) is 5.57 Å². The number of hydrogen-bond donors (Lipinski definition) is 1. The van der Waals surface area contributed by atoms with E-state index in [-0.39, 0.29) is 0 Å². The molecule has 128 valence electrons. The van der Waals surface area contributed by atoms with Crippen molar-refractivity contribution in [2.75, 3.05) is 5.32 Å². The second-order valence-electron chi connectivity index (χ2n) is 6.64. The fourth-order valence-electron chi connectivity index (χ4n) is 3.17. The van der Waals surface area contributed by atoms with Crippen LogP contribution in [0, 0.1) is 52.9 Å². The summed E-state index contributed by atoms with van der Waals surface area (Å²) in [6.45, 7) is 12.4. The van der Waals surface area contributed by atoms with Gasteiger partial charge in [0.1, 0.15) is 6.07 Å².